The molecule has 0 saturated heterocycles. The molecule has 0 fully saturated rings. The maximum Gasteiger partial charge on any atom is 0.0836 e. The molecule has 2 rings (SSSR count). The van der Waals surface area contributed by atoms with Crippen LogP contribution in [0, 0.1) is 13.8 Å². The van der Waals surface area contributed by atoms with E-state index in [0.717, 1.165) is 11.1 Å². The van der Waals surface area contributed by atoms with Gasteiger partial charge in [-0.3, -0.25) is 0 Å². The van der Waals surface area contributed by atoms with E-state index >= 15 is 0 Å². The van der Waals surface area contributed by atoms with Crippen molar-refractivity contribution < 1.29 is 0 Å². The lowest BCUT2D eigenvalue weighted by Crippen LogP contribution is -1.95. The van der Waals surface area contributed by atoms with Crippen molar-refractivity contribution in [3.63, 3.8) is 0 Å². The Hall–Kier alpha value is -0.690. The van der Waals surface area contributed by atoms with E-state index in [-0.39, 0.29) is 5.38 Å². The summed E-state index contributed by atoms with van der Waals surface area (Å²) < 4.78 is 0. The molecule has 0 bridgehead atoms. The largest absolute Gasteiger partial charge is 0.113 e. The molecule has 3 heteroatoms. The fourth-order valence-corrected chi connectivity index (χ4v) is 2.36. The Morgan fingerprint density at radius 3 is 2.00 bits per heavy atom. The molecule has 0 aliphatic rings. The van der Waals surface area contributed by atoms with Gasteiger partial charge in [0.1, 0.15) is 0 Å². The molecule has 94 valence electrons. The molecule has 0 aromatic heterocycles. The van der Waals surface area contributed by atoms with Gasteiger partial charge in [0, 0.05) is 0 Å². The SMILES string of the molecule is Cc1ccc(C(Cl)c2ccc(Cl)c(Cl)c2)cc1C. The van der Waals surface area contributed by atoms with Gasteiger partial charge in [0.25, 0.3) is 0 Å². The zero-order chi connectivity index (χ0) is 13.3. The minimum atomic E-state index is -0.209. The Morgan fingerprint density at radius 2 is 1.39 bits per heavy atom. The van der Waals surface area contributed by atoms with Crippen LogP contribution in [0.2, 0.25) is 10.0 Å². The zero-order valence-electron chi connectivity index (χ0n) is 10.2. The first-order valence-electron chi connectivity index (χ1n) is 5.65. The summed E-state index contributed by atoms with van der Waals surface area (Å²) >= 11 is 18.4. The molecule has 0 aliphatic heterocycles. The Morgan fingerprint density at radius 1 is 0.778 bits per heavy atom. The number of benzene rings is 2. The summed E-state index contributed by atoms with van der Waals surface area (Å²) in [5.74, 6) is 0. The lowest BCUT2D eigenvalue weighted by molar-refractivity contribution is 1.12. The number of hydrogen-bond acceptors (Lipinski definition) is 0. The summed E-state index contributed by atoms with van der Waals surface area (Å²) in [6.45, 7) is 4.17. The van der Waals surface area contributed by atoms with Crippen molar-refractivity contribution in [2.24, 2.45) is 0 Å². The van der Waals surface area contributed by atoms with Gasteiger partial charge in [-0.1, -0.05) is 47.5 Å². The van der Waals surface area contributed by atoms with Crippen LogP contribution in [-0.4, -0.2) is 0 Å². The Kier molecular flexibility index (Phi) is 4.21. The van der Waals surface area contributed by atoms with Gasteiger partial charge in [0.15, 0.2) is 0 Å². The van der Waals surface area contributed by atoms with Crippen molar-refractivity contribution in [2.75, 3.05) is 0 Å². The highest BCUT2D eigenvalue weighted by Crippen LogP contribution is 2.33. The van der Waals surface area contributed by atoms with Gasteiger partial charge in [-0.25, -0.2) is 0 Å². The molecule has 0 nitrogen and oxygen atoms in total. The second kappa shape index (κ2) is 5.52. The van der Waals surface area contributed by atoms with Crippen molar-refractivity contribution in [1.82, 2.24) is 0 Å². The van der Waals surface area contributed by atoms with Crippen molar-refractivity contribution in [3.05, 3.63) is 68.7 Å². The normalized spacial score (nSPS) is 12.5. The first kappa shape index (κ1) is 13.7. The van der Waals surface area contributed by atoms with Crippen molar-refractivity contribution in [1.29, 1.82) is 0 Å². The van der Waals surface area contributed by atoms with Crippen LogP contribution < -0.4 is 0 Å². The summed E-state index contributed by atoms with van der Waals surface area (Å²) in [4.78, 5) is 0. The highest BCUT2D eigenvalue weighted by molar-refractivity contribution is 6.42. The highest BCUT2D eigenvalue weighted by Gasteiger charge is 2.12. The van der Waals surface area contributed by atoms with E-state index in [9.17, 15) is 0 Å². The third-order valence-electron chi connectivity index (χ3n) is 3.06. The first-order chi connectivity index (χ1) is 8.49. The maximum atomic E-state index is 6.48. The zero-order valence-corrected chi connectivity index (χ0v) is 12.4. The lowest BCUT2D eigenvalue weighted by Gasteiger charge is -2.13. The molecule has 18 heavy (non-hydrogen) atoms. The Labute approximate surface area is 122 Å². The molecule has 1 unspecified atom stereocenters. The standard InChI is InChI=1S/C15H13Cl3/c1-9-3-4-11(7-10(9)2)15(18)12-5-6-13(16)14(17)8-12/h3-8,15H,1-2H3. The van der Waals surface area contributed by atoms with Crippen molar-refractivity contribution in [3.8, 4) is 0 Å². The fraction of sp³-hybridized carbons (Fsp3) is 0.200. The first-order valence-corrected chi connectivity index (χ1v) is 6.84. The smallest absolute Gasteiger partial charge is 0.0836 e. The molecular weight excluding hydrogens is 287 g/mol. The van der Waals surface area contributed by atoms with Gasteiger partial charge in [-0.05, 0) is 48.2 Å². The van der Waals surface area contributed by atoms with Crippen molar-refractivity contribution >= 4 is 34.8 Å². The van der Waals surface area contributed by atoms with Gasteiger partial charge >= 0.3 is 0 Å². The van der Waals surface area contributed by atoms with Crippen LogP contribution in [0.3, 0.4) is 0 Å². The monoisotopic (exact) mass is 298 g/mol. The number of alkyl halides is 1. The second-order valence-corrected chi connectivity index (χ2v) is 5.63. The van der Waals surface area contributed by atoms with E-state index < -0.39 is 0 Å². The van der Waals surface area contributed by atoms with Crippen LogP contribution in [0.5, 0.6) is 0 Å². The van der Waals surface area contributed by atoms with Crippen LogP contribution in [-0.2, 0) is 0 Å². The molecule has 2 aromatic carbocycles. The van der Waals surface area contributed by atoms with E-state index in [2.05, 4.69) is 26.0 Å². The van der Waals surface area contributed by atoms with Crippen LogP contribution >= 0.6 is 34.8 Å². The lowest BCUT2D eigenvalue weighted by atomic mass is 10.00. The highest BCUT2D eigenvalue weighted by atomic mass is 35.5. The maximum absolute atomic E-state index is 6.48. The van der Waals surface area contributed by atoms with Gasteiger partial charge in [0.05, 0.1) is 15.4 Å². The van der Waals surface area contributed by atoms with Crippen LogP contribution in [0.1, 0.15) is 27.6 Å². The summed E-state index contributed by atoms with van der Waals surface area (Å²) in [7, 11) is 0. The van der Waals surface area contributed by atoms with E-state index in [1.54, 1.807) is 6.07 Å². The van der Waals surface area contributed by atoms with E-state index in [0.29, 0.717) is 10.0 Å². The average molecular weight is 300 g/mol. The molecule has 0 saturated carbocycles. The quantitative estimate of drug-likeness (QED) is 0.602. The predicted molar refractivity (Wildman–Crippen MR) is 80.1 cm³/mol. The molecule has 1 atom stereocenters. The van der Waals surface area contributed by atoms with Crippen molar-refractivity contribution in [2.45, 2.75) is 19.2 Å². The summed E-state index contributed by atoms with van der Waals surface area (Å²) in [5.41, 5.74) is 4.52. The summed E-state index contributed by atoms with van der Waals surface area (Å²) in [6, 6.07) is 11.7. The molecule has 0 radical (unpaired) electrons. The minimum Gasteiger partial charge on any atom is -0.113 e. The van der Waals surface area contributed by atoms with Gasteiger partial charge in [0.2, 0.25) is 0 Å². The van der Waals surface area contributed by atoms with Gasteiger partial charge in [-0.15, -0.1) is 11.6 Å². The Balaban J connectivity index is 2.37. The number of halogens is 3. The van der Waals surface area contributed by atoms with E-state index in [4.69, 9.17) is 34.8 Å². The molecule has 0 spiro atoms. The molecule has 0 heterocycles. The fourth-order valence-electron chi connectivity index (χ4n) is 1.78. The number of rotatable bonds is 2. The second-order valence-electron chi connectivity index (χ2n) is 4.38. The summed E-state index contributed by atoms with van der Waals surface area (Å²) in [5, 5.41) is 0.868. The summed E-state index contributed by atoms with van der Waals surface area (Å²) in [6.07, 6.45) is 0. The predicted octanol–water partition coefficient (Wildman–Crippen LogP) is 5.94. The van der Waals surface area contributed by atoms with Gasteiger partial charge in [-0.2, -0.15) is 0 Å². The van der Waals surface area contributed by atoms with Crippen LogP contribution in [0.25, 0.3) is 0 Å². The minimum absolute atomic E-state index is 0.209. The topological polar surface area (TPSA) is 0 Å². The molecular formula is C15H13Cl3. The molecule has 0 aliphatic carbocycles. The average Bonchev–Trinajstić information content (AvgIpc) is 2.35. The third-order valence-corrected chi connectivity index (χ3v) is 4.30. The third kappa shape index (κ3) is 2.83. The number of hydrogen-bond donors (Lipinski definition) is 0. The van der Waals surface area contributed by atoms with Crippen LogP contribution in [0.15, 0.2) is 36.4 Å². The van der Waals surface area contributed by atoms with E-state index in [1.807, 2.05) is 18.2 Å². The Bertz CT molecular complexity index is 524. The number of aryl methyl sites for hydroxylation is 2. The van der Waals surface area contributed by atoms with Gasteiger partial charge < -0.3 is 0 Å². The molecule has 0 N–H and O–H groups in total. The van der Waals surface area contributed by atoms with E-state index in [1.165, 1.54) is 11.1 Å². The molecule has 0 amide bonds. The van der Waals surface area contributed by atoms with Crippen LogP contribution in [0.4, 0.5) is 0 Å². The molecule has 2 aromatic rings.